The molecule has 1 aromatic heterocycles. The number of nitrogens with one attached hydrogen (secondary N) is 1. The second-order valence-corrected chi connectivity index (χ2v) is 4.62. The maximum absolute atomic E-state index is 5.91. The molecule has 0 aliphatic carbocycles. The third kappa shape index (κ3) is 3.73. The second-order valence-electron chi connectivity index (χ2n) is 3.75. The first-order chi connectivity index (χ1) is 8.13. The SMILES string of the molecule is Cc1cnc(CNCc2cc(Cl)cc(Cl)c2)o1. The van der Waals surface area contributed by atoms with Gasteiger partial charge in [-0.05, 0) is 30.7 Å². The highest BCUT2D eigenvalue weighted by Crippen LogP contribution is 2.18. The number of oxazole rings is 1. The van der Waals surface area contributed by atoms with Crippen molar-refractivity contribution in [3.05, 3.63) is 51.7 Å². The van der Waals surface area contributed by atoms with Crippen molar-refractivity contribution in [3.63, 3.8) is 0 Å². The van der Waals surface area contributed by atoms with E-state index in [2.05, 4.69) is 10.3 Å². The van der Waals surface area contributed by atoms with Gasteiger partial charge in [-0.3, -0.25) is 0 Å². The fourth-order valence-corrected chi connectivity index (χ4v) is 2.08. The molecule has 0 atom stereocenters. The summed E-state index contributed by atoms with van der Waals surface area (Å²) in [5, 5.41) is 4.49. The maximum atomic E-state index is 5.91. The molecule has 0 amide bonds. The average Bonchev–Trinajstić information content (AvgIpc) is 2.63. The van der Waals surface area contributed by atoms with Crippen LogP contribution in [0.25, 0.3) is 0 Å². The molecule has 0 radical (unpaired) electrons. The zero-order chi connectivity index (χ0) is 12.3. The molecule has 1 heterocycles. The van der Waals surface area contributed by atoms with Crippen LogP contribution in [0.15, 0.2) is 28.8 Å². The van der Waals surface area contributed by atoms with Gasteiger partial charge in [-0.1, -0.05) is 23.2 Å². The Morgan fingerprint density at radius 2 is 1.88 bits per heavy atom. The first-order valence-corrected chi connectivity index (χ1v) is 5.96. The third-order valence-corrected chi connectivity index (χ3v) is 2.63. The number of hydrogen-bond donors (Lipinski definition) is 1. The van der Waals surface area contributed by atoms with Crippen LogP contribution in [-0.4, -0.2) is 4.98 Å². The molecule has 2 rings (SSSR count). The van der Waals surface area contributed by atoms with E-state index in [1.807, 2.05) is 19.1 Å². The Hall–Kier alpha value is -1.03. The second kappa shape index (κ2) is 5.54. The van der Waals surface area contributed by atoms with Crippen molar-refractivity contribution in [2.45, 2.75) is 20.0 Å². The summed E-state index contributed by atoms with van der Waals surface area (Å²) in [4.78, 5) is 4.10. The predicted octanol–water partition coefficient (Wildman–Crippen LogP) is 3.58. The molecule has 0 aliphatic rings. The lowest BCUT2D eigenvalue weighted by molar-refractivity contribution is 0.449. The molecule has 90 valence electrons. The van der Waals surface area contributed by atoms with Gasteiger partial charge in [0.25, 0.3) is 0 Å². The van der Waals surface area contributed by atoms with Gasteiger partial charge in [0.05, 0.1) is 12.7 Å². The van der Waals surface area contributed by atoms with Gasteiger partial charge in [0, 0.05) is 16.6 Å². The molecule has 1 N–H and O–H groups in total. The summed E-state index contributed by atoms with van der Waals surface area (Å²) in [7, 11) is 0. The number of aryl methyl sites for hydroxylation is 1. The number of benzene rings is 1. The van der Waals surface area contributed by atoms with Crippen molar-refractivity contribution in [2.75, 3.05) is 0 Å². The normalized spacial score (nSPS) is 10.8. The van der Waals surface area contributed by atoms with Crippen molar-refractivity contribution in [3.8, 4) is 0 Å². The van der Waals surface area contributed by atoms with Crippen LogP contribution in [-0.2, 0) is 13.1 Å². The molecule has 17 heavy (non-hydrogen) atoms. The Morgan fingerprint density at radius 1 is 1.18 bits per heavy atom. The molecule has 2 aromatic rings. The van der Waals surface area contributed by atoms with E-state index in [1.54, 1.807) is 12.3 Å². The minimum absolute atomic E-state index is 0.581. The first-order valence-electron chi connectivity index (χ1n) is 5.20. The highest BCUT2D eigenvalue weighted by molar-refractivity contribution is 6.34. The van der Waals surface area contributed by atoms with E-state index >= 15 is 0 Å². The molecule has 1 aromatic carbocycles. The smallest absolute Gasteiger partial charge is 0.208 e. The number of halogens is 2. The fraction of sp³-hybridized carbons (Fsp3) is 0.250. The molecule has 5 heteroatoms. The molecule has 0 unspecified atom stereocenters. The van der Waals surface area contributed by atoms with Crippen molar-refractivity contribution < 1.29 is 4.42 Å². The van der Waals surface area contributed by atoms with Crippen LogP contribution in [0, 0.1) is 6.92 Å². The maximum Gasteiger partial charge on any atom is 0.208 e. The van der Waals surface area contributed by atoms with Gasteiger partial charge in [-0.2, -0.15) is 0 Å². The van der Waals surface area contributed by atoms with E-state index in [0.29, 0.717) is 29.0 Å². The zero-order valence-corrected chi connectivity index (χ0v) is 10.8. The Balaban J connectivity index is 1.89. The molecule has 0 spiro atoms. The number of nitrogens with zero attached hydrogens (tertiary/aromatic N) is 1. The van der Waals surface area contributed by atoms with Crippen LogP contribution in [0.1, 0.15) is 17.2 Å². The van der Waals surface area contributed by atoms with Gasteiger partial charge >= 0.3 is 0 Å². The van der Waals surface area contributed by atoms with E-state index in [-0.39, 0.29) is 0 Å². The van der Waals surface area contributed by atoms with Crippen molar-refractivity contribution in [1.29, 1.82) is 0 Å². The molecular weight excluding hydrogens is 259 g/mol. The van der Waals surface area contributed by atoms with Crippen LogP contribution in [0.3, 0.4) is 0 Å². The van der Waals surface area contributed by atoms with Crippen molar-refractivity contribution >= 4 is 23.2 Å². The van der Waals surface area contributed by atoms with Gasteiger partial charge in [0.15, 0.2) is 0 Å². The molecular formula is C12H12Cl2N2O. The molecule has 3 nitrogen and oxygen atoms in total. The lowest BCUT2D eigenvalue weighted by Gasteiger charge is -2.04. The summed E-state index contributed by atoms with van der Waals surface area (Å²) in [6.45, 7) is 3.12. The van der Waals surface area contributed by atoms with Crippen molar-refractivity contribution in [2.24, 2.45) is 0 Å². The highest BCUT2D eigenvalue weighted by Gasteiger charge is 2.01. The topological polar surface area (TPSA) is 38.1 Å². The Morgan fingerprint density at radius 3 is 2.47 bits per heavy atom. The minimum atomic E-state index is 0.581. The standard InChI is InChI=1S/C12H12Cl2N2O/c1-8-5-16-12(17-8)7-15-6-9-2-10(13)4-11(14)3-9/h2-5,15H,6-7H2,1H3. The van der Waals surface area contributed by atoms with E-state index < -0.39 is 0 Å². The number of hydrogen-bond acceptors (Lipinski definition) is 3. The van der Waals surface area contributed by atoms with Gasteiger partial charge in [0.2, 0.25) is 5.89 Å². The van der Waals surface area contributed by atoms with Gasteiger partial charge in [0.1, 0.15) is 5.76 Å². The average molecular weight is 271 g/mol. The van der Waals surface area contributed by atoms with Gasteiger partial charge < -0.3 is 9.73 Å². The summed E-state index contributed by atoms with van der Waals surface area (Å²) in [6.07, 6.45) is 1.70. The highest BCUT2D eigenvalue weighted by atomic mass is 35.5. The summed E-state index contributed by atoms with van der Waals surface area (Å²) < 4.78 is 5.34. The minimum Gasteiger partial charge on any atom is -0.445 e. The van der Waals surface area contributed by atoms with Crippen LogP contribution in [0.5, 0.6) is 0 Å². The molecule has 0 aliphatic heterocycles. The molecule has 0 saturated heterocycles. The quantitative estimate of drug-likeness (QED) is 0.923. The summed E-state index contributed by atoms with van der Waals surface area (Å²) in [5.74, 6) is 1.49. The van der Waals surface area contributed by atoms with E-state index in [4.69, 9.17) is 27.6 Å². The number of rotatable bonds is 4. The lowest BCUT2D eigenvalue weighted by atomic mass is 10.2. The van der Waals surface area contributed by atoms with Gasteiger partial charge in [-0.25, -0.2) is 4.98 Å². The Labute approximate surface area is 110 Å². The molecule has 0 bridgehead atoms. The van der Waals surface area contributed by atoms with Crippen molar-refractivity contribution in [1.82, 2.24) is 10.3 Å². The Kier molecular flexibility index (Phi) is 4.05. The van der Waals surface area contributed by atoms with Gasteiger partial charge in [-0.15, -0.1) is 0 Å². The third-order valence-electron chi connectivity index (χ3n) is 2.20. The Bertz CT molecular complexity index is 491. The summed E-state index contributed by atoms with van der Waals surface area (Å²) in [5.41, 5.74) is 1.03. The molecule has 0 fully saturated rings. The van der Waals surface area contributed by atoms with Crippen LogP contribution in [0.4, 0.5) is 0 Å². The summed E-state index contributed by atoms with van der Waals surface area (Å²) in [6, 6.07) is 5.46. The predicted molar refractivity (Wildman–Crippen MR) is 68.2 cm³/mol. The first kappa shape index (κ1) is 12.4. The monoisotopic (exact) mass is 270 g/mol. The largest absolute Gasteiger partial charge is 0.445 e. The number of aromatic nitrogens is 1. The van der Waals surface area contributed by atoms with Crippen LogP contribution < -0.4 is 5.32 Å². The van der Waals surface area contributed by atoms with Crippen LogP contribution in [0.2, 0.25) is 10.0 Å². The van der Waals surface area contributed by atoms with E-state index in [0.717, 1.165) is 11.3 Å². The van der Waals surface area contributed by atoms with Crippen LogP contribution >= 0.6 is 23.2 Å². The summed E-state index contributed by atoms with van der Waals surface area (Å²) >= 11 is 11.8. The van der Waals surface area contributed by atoms with E-state index in [9.17, 15) is 0 Å². The lowest BCUT2D eigenvalue weighted by Crippen LogP contribution is -2.12. The fourth-order valence-electron chi connectivity index (χ4n) is 1.51. The van der Waals surface area contributed by atoms with E-state index in [1.165, 1.54) is 0 Å². The zero-order valence-electron chi connectivity index (χ0n) is 9.34. The molecule has 0 saturated carbocycles.